The molecule has 1 unspecified atom stereocenters. The molecule has 0 aliphatic carbocycles. The predicted molar refractivity (Wildman–Crippen MR) is 67.0 cm³/mol. The second-order valence-corrected chi connectivity index (χ2v) is 5.75. The molecule has 0 aromatic rings. The molecule has 1 rings (SSSR count). The summed E-state index contributed by atoms with van der Waals surface area (Å²) in [5, 5.41) is -0.304. The number of ether oxygens (including phenoxy) is 5. The van der Waals surface area contributed by atoms with Gasteiger partial charge in [0.25, 0.3) is 0 Å². The van der Waals surface area contributed by atoms with Crippen molar-refractivity contribution >= 4 is 10.8 Å². The molecule has 1 saturated heterocycles. The number of hydrogen-bond acceptors (Lipinski definition) is 6. The van der Waals surface area contributed by atoms with Crippen molar-refractivity contribution in [1.29, 1.82) is 0 Å². The first-order chi connectivity index (χ1) is 8.65. The zero-order chi connectivity index (χ0) is 13.7. The lowest BCUT2D eigenvalue weighted by Gasteiger charge is -2.43. The predicted octanol–water partition coefficient (Wildman–Crippen LogP) is -0.219. The molecular weight excluding hydrogens is 260 g/mol. The van der Waals surface area contributed by atoms with Crippen molar-refractivity contribution < 1.29 is 27.9 Å². The van der Waals surface area contributed by atoms with Gasteiger partial charge in [-0.1, -0.05) is 0 Å². The number of rotatable bonds is 6. The molecule has 0 amide bonds. The van der Waals surface area contributed by atoms with Gasteiger partial charge >= 0.3 is 0 Å². The van der Waals surface area contributed by atoms with Crippen LogP contribution in [0.25, 0.3) is 0 Å². The molecular formula is C11H22O6S. The highest BCUT2D eigenvalue weighted by atomic mass is 32.2. The molecule has 0 aromatic heterocycles. The average molecular weight is 282 g/mol. The largest absolute Gasteiger partial charge is 0.383 e. The van der Waals surface area contributed by atoms with Gasteiger partial charge in [0.1, 0.15) is 18.3 Å². The van der Waals surface area contributed by atoms with Gasteiger partial charge in [-0.25, -0.2) is 0 Å². The fourth-order valence-corrected chi connectivity index (χ4v) is 4.21. The molecule has 0 spiro atoms. The van der Waals surface area contributed by atoms with E-state index in [1.165, 1.54) is 7.11 Å². The molecule has 1 heterocycles. The van der Waals surface area contributed by atoms with Crippen molar-refractivity contribution in [2.24, 2.45) is 0 Å². The van der Waals surface area contributed by atoms with E-state index in [1.54, 1.807) is 28.4 Å². The van der Waals surface area contributed by atoms with Crippen molar-refractivity contribution in [2.75, 3.05) is 42.2 Å². The van der Waals surface area contributed by atoms with Gasteiger partial charge in [-0.2, -0.15) is 0 Å². The Morgan fingerprint density at radius 1 is 0.833 bits per heavy atom. The molecule has 0 aromatic carbocycles. The monoisotopic (exact) mass is 282 g/mol. The van der Waals surface area contributed by atoms with Gasteiger partial charge in [0.15, 0.2) is 5.44 Å². The van der Waals surface area contributed by atoms with E-state index in [1.807, 2.05) is 0 Å². The molecule has 0 radical (unpaired) electrons. The Morgan fingerprint density at radius 2 is 1.39 bits per heavy atom. The van der Waals surface area contributed by atoms with Crippen molar-refractivity contribution in [2.45, 2.75) is 29.0 Å². The minimum Gasteiger partial charge on any atom is -0.383 e. The Bertz CT molecular complexity index is 274. The van der Waals surface area contributed by atoms with Crippen molar-refractivity contribution in [3.63, 3.8) is 0 Å². The van der Waals surface area contributed by atoms with Crippen LogP contribution in [0, 0.1) is 0 Å². The minimum atomic E-state index is -1.28. The minimum absolute atomic E-state index is 0.304. The van der Waals surface area contributed by atoms with Crippen LogP contribution in [0.3, 0.4) is 0 Å². The Labute approximate surface area is 110 Å². The molecule has 0 saturated carbocycles. The molecule has 0 N–H and O–H groups in total. The van der Waals surface area contributed by atoms with E-state index in [9.17, 15) is 4.21 Å². The van der Waals surface area contributed by atoms with E-state index >= 15 is 0 Å². The molecule has 6 nitrogen and oxygen atoms in total. The Hall–Kier alpha value is -0.0500. The third kappa shape index (κ3) is 2.92. The van der Waals surface area contributed by atoms with Crippen LogP contribution in [0.4, 0.5) is 0 Å². The number of hydrogen-bond donors (Lipinski definition) is 0. The van der Waals surface area contributed by atoms with E-state index in [-0.39, 0.29) is 17.5 Å². The van der Waals surface area contributed by atoms with Gasteiger partial charge in [0.05, 0.1) is 22.7 Å². The van der Waals surface area contributed by atoms with E-state index in [2.05, 4.69) is 0 Å². The molecule has 0 bridgehead atoms. The molecule has 18 heavy (non-hydrogen) atoms. The molecule has 108 valence electrons. The third-order valence-electron chi connectivity index (χ3n) is 3.19. The van der Waals surface area contributed by atoms with Crippen LogP contribution < -0.4 is 0 Å². The van der Waals surface area contributed by atoms with E-state index in [0.29, 0.717) is 6.61 Å². The van der Waals surface area contributed by atoms with Gasteiger partial charge < -0.3 is 23.7 Å². The third-order valence-corrected chi connectivity index (χ3v) is 5.11. The van der Waals surface area contributed by atoms with Gasteiger partial charge in [-0.3, -0.25) is 4.21 Å². The maximum atomic E-state index is 12.4. The Morgan fingerprint density at radius 3 is 1.78 bits per heavy atom. The second kappa shape index (κ2) is 7.52. The fourth-order valence-electron chi connectivity index (χ4n) is 2.34. The smallest absolute Gasteiger partial charge is 0.161 e. The topological polar surface area (TPSA) is 63.2 Å². The summed E-state index contributed by atoms with van der Waals surface area (Å²) in [5.74, 6) is 0. The van der Waals surface area contributed by atoms with E-state index in [0.717, 1.165) is 0 Å². The lowest BCUT2D eigenvalue weighted by Crippen LogP contribution is -2.62. The standard InChI is InChI=1S/C11H22O6S/c1-13-6-7-8(14-2)9(15-3)10(16-4)11(17-5)18(7)12/h7-11H,6H2,1-5H3/t7-,8-,9+,10-,11+,18?/m1/s1. The van der Waals surface area contributed by atoms with Crippen LogP contribution in [-0.2, 0) is 34.5 Å². The quantitative estimate of drug-likeness (QED) is 0.671. The van der Waals surface area contributed by atoms with Gasteiger partial charge in [-0.05, 0) is 0 Å². The highest BCUT2D eigenvalue weighted by Crippen LogP contribution is 2.30. The first kappa shape index (κ1) is 16.0. The van der Waals surface area contributed by atoms with Gasteiger partial charge in [-0.15, -0.1) is 0 Å². The summed E-state index contributed by atoms with van der Waals surface area (Å²) in [6.07, 6.45) is -1.13. The molecule has 1 fully saturated rings. The van der Waals surface area contributed by atoms with E-state index < -0.39 is 22.3 Å². The molecule has 6 atom stereocenters. The van der Waals surface area contributed by atoms with Gasteiger partial charge in [0, 0.05) is 35.5 Å². The average Bonchev–Trinajstić information content (AvgIpc) is 2.39. The molecule has 1 aliphatic heterocycles. The summed E-state index contributed by atoms with van der Waals surface area (Å²) >= 11 is 0. The second-order valence-electron chi connectivity index (χ2n) is 4.03. The molecule has 7 heteroatoms. The van der Waals surface area contributed by atoms with Crippen LogP contribution in [0.5, 0.6) is 0 Å². The lowest BCUT2D eigenvalue weighted by atomic mass is 10.0. The van der Waals surface area contributed by atoms with E-state index in [4.69, 9.17) is 23.7 Å². The first-order valence-electron chi connectivity index (χ1n) is 5.65. The van der Waals surface area contributed by atoms with Crippen molar-refractivity contribution in [1.82, 2.24) is 0 Å². The number of methoxy groups -OCH3 is 5. The summed E-state index contributed by atoms with van der Waals surface area (Å²) < 4.78 is 39.1. The lowest BCUT2D eigenvalue weighted by molar-refractivity contribution is -0.142. The highest BCUT2D eigenvalue weighted by molar-refractivity contribution is 7.86. The Balaban J connectivity index is 3.03. The highest BCUT2D eigenvalue weighted by Gasteiger charge is 2.51. The summed E-state index contributed by atoms with van der Waals surface area (Å²) in [4.78, 5) is 0. The van der Waals surface area contributed by atoms with Crippen molar-refractivity contribution in [3.05, 3.63) is 0 Å². The fraction of sp³-hybridized carbons (Fsp3) is 1.00. The van der Waals surface area contributed by atoms with Crippen LogP contribution in [0.1, 0.15) is 0 Å². The first-order valence-corrected chi connectivity index (χ1v) is 6.93. The summed E-state index contributed by atoms with van der Waals surface area (Å²) in [7, 11) is 6.49. The Kier molecular flexibility index (Phi) is 6.68. The normalized spacial score (nSPS) is 40.9. The zero-order valence-corrected chi connectivity index (χ0v) is 12.3. The summed E-state index contributed by atoms with van der Waals surface area (Å²) in [6, 6.07) is 0. The summed E-state index contributed by atoms with van der Waals surface area (Å²) in [6.45, 7) is 0.321. The SMILES string of the molecule is COC[C@@H]1[C@@H](OC)[C@H](OC)[C@@H](OC)[C@@H](OC)S1=O. The summed E-state index contributed by atoms with van der Waals surface area (Å²) in [5.41, 5.74) is -0.550. The van der Waals surface area contributed by atoms with Crippen LogP contribution in [-0.4, -0.2) is 75.4 Å². The van der Waals surface area contributed by atoms with Gasteiger partial charge in [0.2, 0.25) is 0 Å². The van der Waals surface area contributed by atoms with Crippen molar-refractivity contribution in [3.8, 4) is 0 Å². The zero-order valence-electron chi connectivity index (χ0n) is 11.5. The van der Waals surface area contributed by atoms with Crippen LogP contribution >= 0.6 is 0 Å². The van der Waals surface area contributed by atoms with Crippen LogP contribution in [0.2, 0.25) is 0 Å². The maximum absolute atomic E-state index is 12.4. The molecule has 1 aliphatic rings. The maximum Gasteiger partial charge on any atom is 0.161 e. The van der Waals surface area contributed by atoms with Crippen LogP contribution in [0.15, 0.2) is 0 Å².